The summed E-state index contributed by atoms with van der Waals surface area (Å²) in [6, 6.07) is -0.00865. The van der Waals surface area contributed by atoms with Crippen molar-refractivity contribution in [3.05, 3.63) is 16.1 Å². The molecule has 23 heavy (non-hydrogen) atoms. The van der Waals surface area contributed by atoms with E-state index in [0.717, 1.165) is 38.2 Å². The number of nitrogens with zero attached hydrogens (tertiary/aromatic N) is 1. The van der Waals surface area contributed by atoms with Crippen LogP contribution in [0.3, 0.4) is 0 Å². The summed E-state index contributed by atoms with van der Waals surface area (Å²) in [5.41, 5.74) is 3.30. The molecule has 1 aromatic heterocycles. The summed E-state index contributed by atoms with van der Waals surface area (Å²) in [5, 5.41) is 9.90. The highest BCUT2D eigenvalue weighted by Gasteiger charge is 2.41. The van der Waals surface area contributed by atoms with Crippen molar-refractivity contribution in [1.29, 1.82) is 0 Å². The molecule has 2 aliphatic heterocycles. The van der Waals surface area contributed by atoms with Crippen LogP contribution in [0.15, 0.2) is 5.51 Å². The predicted molar refractivity (Wildman–Crippen MR) is 99.0 cm³/mol. The Morgan fingerprint density at radius 2 is 2.17 bits per heavy atom. The van der Waals surface area contributed by atoms with Crippen LogP contribution in [0.5, 0.6) is 0 Å². The molecule has 1 atom stereocenters. The standard InChI is InChI=1S/C15H24N4OS.2ClH/c1-11-13(21-10-19-11)2-5-17-14(20)12-8-15(9-18-12)3-6-16-7-4-15;;/h10,12,16,18H,2-9H2,1H3,(H,17,20);2*1H. The number of rotatable bonds is 4. The molecule has 0 saturated carbocycles. The van der Waals surface area contributed by atoms with Crippen LogP contribution in [0.4, 0.5) is 0 Å². The van der Waals surface area contributed by atoms with Gasteiger partial charge in [-0.05, 0) is 44.7 Å². The number of hydrogen-bond acceptors (Lipinski definition) is 5. The second-order valence-corrected chi connectivity index (χ2v) is 7.23. The summed E-state index contributed by atoms with van der Waals surface area (Å²) in [4.78, 5) is 17.8. The summed E-state index contributed by atoms with van der Waals surface area (Å²) in [7, 11) is 0. The number of aromatic nitrogens is 1. The summed E-state index contributed by atoms with van der Waals surface area (Å²) in [6.45, 7) is 5.88. The number of piperidine rings is 1. The van der Waals surface area contributed by atoms with Gasteiger partial charge in [0, 0.05) is 24.4 Å². The Kier molecular flexibility index (Phi) is 8.24. The molecular formula is C15H26Cl2N4OS. The maximum absolute atomic E-state index is 12.3. The van der Waals surface area contributed by atoms with Crippen LogP contribution in [-0.4, -0.2) is 43.1 Å². The number of halogens is 2. The third-order valence-corrected chi connectivity index (χ3v) is 5.83. The fraction of sp³-hybridized carbons (Fsp3) is 0.733. The monoisotopic (exact) mass is 380 g/mol. The molecule has 0 aliphatic carbocycles. The van der Waals surface area contributed by atoms with E-state index >= 15 is 0 Å². The van der Waals surface area contributed by atoms with Crippen LogP contribution >= 0.6 is 36.2 Å². The van der Waals surface area contributed by atoms with Crippen molar-refractivity contribution in [2.75, 3.05) is 26.2 Å². The van der Waals surface area contributed by atoms with Crippen molar-refractivity contribution in [2.45, 2.75) is 38.6 Å². The fourth-order valence-electron chi connectivity index (χ4n) is 3.43. The van der Waals surface area contributed by atoms with Gasteiger partial charge in [0.15, 0.2) is 0 Å². The quantitative estimate of drug-likeness (QED) is 0.743. The Bertz CT molecular complexity index is 505. The molecule has 1 unspecified atom stereocenters. The van der Waals surface area contributed by atoms with Crippen LogP contribution in [0.2, 0.25) is 0 Å². The van der Waals surface area contributed by atoms with E-state index in [0.29, 0.717) is 12.0 Å². The van der Waals surface area contributed by atoms with Gasteiger partial charge in [-0.1, -0.05) is 0 Å². The Hall–Kier alpha value is -0.400. The maximum atomic E-state index is 12.3. The van der Waals surface area contributed by atoms with E-state index < -0.39 is 0 Å². The zero-order valence-electron chi connectivity index (χ0n) is 13.4. The van der Waals surface area contributed by atoms with E-state index in [1.807, 2.05) is 12.4 Å². The fourth-order valence-corrected chi connectivity index (χ4v) is 4.21. The minimum Gasteiger partial charge on any atom is -0.354 e. The molecule has 2 aliphatic rings. The molecule has 0 bridgehead atoms. The van der Waals surface area contributed by atoms with E-state index in [9.17, 15) is 4.79 Å². The first-order chi connectivity index (χ1) is 10.2. The normalized spacial score (nSPS) is 22.2. The second-order valence-electron chi connectivity index (χ2n) is 6.29. The van der Waals surface area contributed by atoms with Crippen LogP contribution in [-0.2, 0) is 11.2 Å². The van der Waals surface area contributed by atoms with Gasteiger partial charge in [-0.25, -0.2) is 4.98 Å². The lowest BCUT2D eigenvalue weighted by molar-refractivity contribution is -0.122. The topological polar surface area (TPSA) is 66.0 Å². The van der Waals surface area contributed by atoms with Gasteiger partial charge < -0.3 is 16.0 Å². The highest BCUT2D eigenvalue weighted by Crippen LogP contribution is 2.37. The van der Waals surface area contributed by atoms with Gasteiger partial charge in [0.2, 0.25) is 5.91 Å². The maximum Gasteiger partial charge on any atom is 0.237 e. The van der Waals surface area contributed by atoms with Crippen molar-refractivity contribution in [1.82, 2.24) is 20.9 Å². The molecule has 5 nitrogen and oxygen atoms in total. The Morgan fingerprint density at radius 1 is 1.43 bits per heavy atom. The molecule has 1 aromatic rings. The molecule has 3 rings (SSSR count). The van der Waals surface area contributed by atoms with Crippen LogP contribution in [0.1, 0.15) is 29.8 Å². The van der Waals surface area contributed by atoms with E-state index in [2.05, 4.69) is 20.9 Å². The number of nitrogens with one attached hydrogen (secondary N) is 3. The van der Waals surface area contributed by atoms with E-state index in [1.54, 1.807) is 11.3 Å². The number of aryl methyl sites for hydroxylation is 1. The molecule has 132 valence electrons. The Morgan fingerprint density at radius 3 is 2.83 bits per heavy atom. The minimum atomic E-state index is -0.00865. The highest BCUT2D eigenvalue weighted by molar-refractivity contribution is 7.09. The SMILES string of the molecule is Cc1ncsc1CCNC(=O)C1CC2(CCNCC2)CN1.Cl.Cl. The number of thiazole rings is 1. The van der Waals surface area contributed by atoms with Crippen molar-refractivity contribution in [3.8, 4) is 0 Å². The van der Waals surface area contributed by atoms with Gasteiger partial charge in [0.1, 0.15) is 0 Å². The summed E-state index contributed by atoms with van der Waals surface area (Å²) < 4.78 is 0. The predicted octanol–water partition coefficient (Wildman–Crippen LogP) is 1.69. The van der Waals surface area contributed by atoms with E-state index in [1.165, 1.54) is 17.7 Å². The first kappa shape index (κ1) is 20.6. The average Bonchev–Trinajstić information content (AvgIpc) is 3.07. The van der Waals surface area contributed by atoms with Crippen LogP contribution in [0.25, 0.3) is 0 Å². The Labute approximate surface area is 154 Å². The molecular weight excluding hydrogens is 355 g/mol. The first-order valence-corrected chi connectivity index (χ1v) is 8.67. The molecule has 1 amide bonds. The molecule has 2 fully saturated rings. The van der Waals surface area contributed by atoms with Gasteiger partial charge in [0.05, 0.1) is 17.2 Å². The number of carbonyl (C=O) groups is 1. The van der Waals surface area contributed by atoms with Gasteiger partial charge in [-0.3, -0.25) is 4.79 Å². The van der Waals surface area contributed by atoms with Gasteiger partial charge in [-0.2, -0.15) is 0 Å². The van der Waals surface area contributed by atoms with Gasteiger partial charge >= 0.3 is 0 Å². The molecule has 0 radical (unpaired) electrons. The summed E-state index contributed by atoms with van der Waals surface area (Å²) in [6.07, 6.45) is 4.23. The molecule has 2 saturated heterocycles. The lowest BCUT2D eigenvalue weighted by Crippen LogP contribution is -2.41. The molecule has 0 aromatic carbocycles. The van der Waals surface area contributed by atoms with Crippen molar-refractivity contribution < 1.29 is 4.79 Å². The van der Waals surface area contributed by atoms with Gasteiger partial charge in [0.25, 0.3) is 0 Å². The number of amides is 1. The zero-order chi connectivity index (χ0) is 14.7. The van der Waals surface area contributed by atoms with Crippen LogP contribution < -0.4 is 16.0 Å². The largest absolute Gasteiger partial charge is 0.354 e. The van der Waals surface area contributed by atoms with E-state index in [4.69, 9.17) is 0 Å². The van der Waals surface area contributed by atoms with Crippen LogP contribution in [0, 0.1) is 12.3 Å². The number of hydrogen-bond donors (Lipinski definition) is 3. The van der Waals surface area contributed by atoms with Crippen molar-refractivity contribution in [3.63, 3.8) is 0 Å². The Balaban J connectivity index is 0.00000132. The van der Waals surface area contributed by atoms with Crippen molar-refractivity contribution >= 4 is 42.1 Å². The third-order valence-electron chi connectivity index (χ3n) is 4.84. The smallest absolute Gasteiger partial charge is 0.237 e. The molecule has 3 heterocycles. The lowest BCUT2D eigenvalue weighted by atomic mass is 9.77. The minimum absolute atomic E-state index is 0. The highest BCUT2D eigenvalue weighted by atomic mass is 35.5. The van der Waals surface area contributed by atoms with Crippen molar-refractivity contribution in [2.24, 2.45) is 5.41 Å². The first-order valence-electron chi connectivity index (χ1n) is 7.79. The van der Waals surface area contributed by atoms with E-state index in [-0.39, 0.29) is 36.8 Å². The molecule has 8 heteroatoms. The summed E-state index contributed by atoms with van der Waals surface area (Å²) >= 11 is 1.67. The van der Waals surface area contributed by atoms with Gasteiger partial charge in [-0.15, -0.1) is 36.2 Å². The molecule has 3 N–H and O–H groups in total. The third kappa shape index (κ3) is 5.03. The average molecular weight is 381 g/mol. The second kappa shape index (κ2) is 9.18. The zero-order valence-corrected chi connectivity index (χ0v) is 15.8. The lowest BCUT2D eigenvalue weighted by Gasteiger charge is -2.33. The summed E-state index contributed by atoms with van der Waals surface area (Å²) in [5.74, 6) is 0.160. The molecule has 1 spiro atoms. The number of carbonyl (C=O) groups excluding carboxylic acids is 1.